The molecule has 1 aliphatic rings. The van der Waals surface area contributed by atoms with Crippen LogP contribution in [0.3, 0.4) is 0 Å². The molecule has 156 valence electrons. The van der Waals surface area contributed by atoms with Crippen LogP contribution in [0, 0.1) is 13.8 Å². The molecule has 1 saturated heterocycles. The molecule has 0 aromatic heterocycles. The largest absolute Gasteiger partial charge is 0.488 e. The Bertz CT molecular complexity index is 888. The lowest BCUT2D eigenvalue weighted by Gasteiger charge is -2.30. The smallest absolute Gasteiger partial charge is 0.416 e. The Morgan fingerprint density at radius 3 is 2.38 bits per heavy atom. The Labute approximate surface area is 168 Å². The lowest BCUT2D eigenvalue weighted by Crippen LogP contribution is -2.35. The van der Waals surface area contributed by atoms with Gasteiger partial charge >= 0.3 is 6.18 Å². The second-order valence-corrected chi connectivity index (χ2v) is 7.58. The molecule has 1 heterocycles. The molecule has 29 heavy (non-hydrogen) atoms. The fraction of sp³-hybridized carbons (Fsp3) is 0.409. The first-order chi connectivity index (χ1) is 13.6. The molecular formula is C22H25F3N2O2. The molecule has 4 nitrogen and oxygen atoms in total. The highest BCUT2D eigenvalue weighted by atomic mass is 19.4. The SMILES string of the molecule is Cc1ccc(C(=O)Nc2cc(C(F)(F)F)ccc2OC2CCN(C)CC2)cc1C. The number of likely N-dealkylation sites (tertiary alicyclic amines) is 1. The van der Waals surface area contributed by atoms with Crippen LogP contribution < -0.4 is 10.1 Å². The molecule has 1 aliphatic heterocycles. The number of hydrogen-bond donors (Lipinski definition) is 1. The summed E-state index contributed by atoms with van der Waals surface area (Å²) in [5.74, 6) is -0.217. The summed E-state index contributed by atoms with van der Waals surface area (Å²) in [7, 11) is 2.02. The molecule has 0 unspecified atom stereocenters. The summed E-state index contributed by atoms with van der Waals surface area (Å²) in [4.78, 5) is 14.8. The summed E-state index contributed by atoms with van der Waals surface area (Å²) >= 11 is 0. The maximum Gasteiger partial charge on any atom is 0.416 e. The second kappa shape index (κ2) is 8.45. The average molecular weight is 406 g/mol. The van der Waals surface area contributed by atoms with Crippen molar-refractivity contribution in [1.29, 1.82) is 0 Å². The number of carbonyl (C=O) groups is 1. The van der Waals surface area contributed by atoms with Gasteiger partial charge in [0.25, 0.3) is 5.91 Å². The van der Waals surface area contributed by atoms with Gasteiger partial charge in [-0.1, -0.05) is 6.07 Å². The molecule has 0 bridgehead atoms. The molecule has 0 radical (unpaired) electrons. The molecular weight excluding hydrogens is 381 g/mol. The molecule has 1 fully saturated rings. The fourth-order valence-corrected chi connectivity index (χ4v) is 3.27. The number of hydrogen-bond acceptors (Lipinski definition) is 3. The predicted octanol–water partition coefficient (Wildman–Crippen LogP) is 5.05. The first kappa shape index (κ1) is 21.2. The topological polar surface area (TPSA) is 41.6 Å². The maximum absolute atomic E-state index is 13.2. The van der Waals surface area contributed by atoms with Crippen LogP contribution in [0.25, 0.3) is 0 Å². The van der Waals surface area contributed by atoms with Crippen molar-refractivity contribution in [2.45, 2.75) is 39.0 Å². The van der Waals surface area contributed by atoms with Gasteiger partial charge in [-0.2, -0.15) is 13.2 Å². The quantitative estimate of drug-likeness (QED) is 0.773. The average Bonchev–Trinajstić information content (AvgIpc) is 2.66. The van der Waals surface area contributed by atoms with Crippen LogP contribution in [0.15, 0.2) is 36.4 Å². The molecule has 2 aromatic rings. The van der Waals surface area contributed by atoms with Crippen molar-refractivity contribution >= 4 is 11.6 Å². The Morgan fingerprint density at radius 1 is 1.07 bits per heavy atom. The maximum atomic E-state index is 13.2. The van der Waals surface area contributed by atoms with E-state index in [0.717, 1.165) is 49.2 Å². The normalized spacial score (nSPS) is 15.9. The molecule has 2 aromatic carbocycles. The zero-order valence-corrected chi connectivity index (χ0v) is 16.8. The first-order valence-electron chi connectivity index (χ1n) is 9.58. The van der Waals surface area contributed by atoms with Gasteiger partial charge in [-0.25, -0.2) is 0 Å². The van der Waals surface area contributed by atoms with E-state index < -0.39 is 17.6 Å². The number of amides is 1. The minimum absolute atomic E-state index is 0.0296. The number of benzene rings is 2. The summed E-state index contributed by atoms with van der Waals surface area (Å²) in [5.41, 5.74) is 1.55. The van der Waals surface area contributed by atoms with Crippen LogP contribution in [0.4, 0.5) is 18.9 Å². The zero-order chi connectivity index (χ0) is 21.2. The molecule has 1 amide bonds. The Kier molecular flexibility index (Phi) is 6.17. The minimum atomic E-state index is -4.51. The molecule has 7 heteroatoms. The number of halogens is 3. The number of aryl methyl sites for hydroxylation is 2. The number of nitrogens with zero attached hydrogens (tertiary/aromatic N) is 1. The summed E-state index contributed by atoms with van der Waals surface area (Å²) in [6, 6.07) is 8.39. The van der Waals surface area contributed by atoms with Crippen LogP contribution in [-0.4, -0.2) is 37.0 Å². The van der Waals surface area contributed by atoms with Crippen LogP contribution in [0.2, 0.25) is 0 Å². The van der Waals surface area contributed by atoms with E-state index in [1.54, 1.807) is 12.1 Å². The van der Waals surface area contributed by atoms with Crippen molar-refractivity contribution in [2.24, 2.45) is 0 Å². The number of alkyl halides is 3. The first-order valence-corrected chi connectivity index (χ1v) is 9.58. The minimum Gasteiger partial charge on any atom is -0.488 e. The lowest BCUT2D eigenvalue weighted by molar-refractivity contribution is -0.137. The van der Waals surface area contributed by atoms with E-state index in [1.807, 2.05) is 27.0 Å². The predicted molar refractivity (Wildman–Crippen MR) is 106 cm³/mol. The van der Waals surface area contributed by atoms with Crippen LogP contribution in [0.1, 0.15) is 39.9 Å². The van der Waals surface area contributed by atoms with Crippen molar-refractivity contribution < 1.29 is 22.7 Å². The van der Waals surface area contributed by atoms with Gasteiger partial charge in [-0.3, -0.25) is 4.79 Å². The van der Waals surface area contributed by atoms with E-state index in [4.69, 9.17) is 4.74 Å². The monoisotopic (exact) mass is 406 g/mol. The van der Waals surface area contributed by atoms with E-state index in [0.29, 0.717) is 5.56 Å². The van der Waals surface area contributed by atoms with Crippen LogP contribution >= 0.6 is 0 Å². The number of ether oxygens (including phenoxy) is 1. The van der Waals surface area contributed by atoms with Gasteiger partial charge in [0.1, 0.15) is 11.9 Å². The third-order valence-corrected chi connectivity index (χ3v) is 5.28. The number of carbonyl (C=O) groups excluding carboxylic acids is 1. The van der Waals surface area contributed by atoms with E-state index in [-0.39, 0.29) is 17.5 Å². The van der Waals surface area contributed by atoms with Gasteiger partial charge in [0, 0.05) is 18.7 Å². The molecule has 0 spiro atoms. The van der Waals surface area contributed by atoms with Crippen molar-refractivity contribution in [3.8, 4) is 5.75 Å². The summed E-state index contributed by atoms with van der Waals surface area (Å²) in [6.45, 7) is 5.52. The van der Waals surface area contributed by atoms with Crippen molar-refractivity contribution in [3.05, 3.63) is 58.7 Å². The molecule has 0 atom stereocenters. The van der Waals surface area contributed by atoms with Gasteiger partial charge in [0.2, 0.25) is 0 Å². The van der Waals surface area contributed by atoms with Gasteiger partial charge in [0.05, 0.1) is 11.3 Å². The third kappa shape index (κ3) is 5.29. The highest BCUT2D eigenvalue weighted by molar-refractivity contribution is 6.05. The fourth-order valence-electron chi connectivity index (χ4n) is 3.27. The van der Waals surface area contributed by atoms with E-state index in [2.05, 4.69) is 10.2 Å². The highest BCUT2D eigenvalue weighted by Gasteiger charge is 2.32. The molecule has 0 saturated carbocycles. The number of rotatable bonds is 4. The van der Waals surface area contributed by atoms with Crippen molar-refractivity contribution in [2.75, 3.05) is 25.5 Å². The summed E-state index contributed by atoms with van der Waals surface area (Å²) in [5, 5.41) is 2.61. The number of anilines is 1. The van der Waals surface area contributed by atoms with Gasteiger partial charge in [0.15, 0.2) is 0 Å². The summed E-state index contributed by atoms with van der Waals surface area (Å²) in [6.07, 6.45) is -3.05. The van der Waals surface area contributed by atoms with E-state index in [1.165, 1.54) is 6.07 Å². The number of nitrogens with one attached hydrogen (secondary N) is 1. The zero-order valence-electron chi connectivity index (χ0n) is 16.8. The Morgan fingerprint density at radius 2 is 1.76 bits per heavy atom. The number of piperidine rings is 1. The van der Waals surface area contributed by atoms with E-state index in [9.17, 15) is 18.0 Å². The Hall–Kier alpha value is -2.54. The molecule has 3 rings (SSSR count). The van der Waals surface area contributed by atoms with E-state index >= 15 is 0 Å². The highest BCUT2D eigenvalue weighted by Crippen LogP contribution is 2.36. The van der Waals surface area contributed by atoms with Crippen molar-refractivity contribution in [3.63, 3.8) is 0 Å². The van der Waals surface area contributed by atoms with Gasteiger partial charge < -0.3 is 15.0 Å². The van der Waals surface area contributed by atoms with Gasteiger partial charge in [-0.15, -0.1) is 0 Å². The van der Waals surface area contributed by atoms with Crippen molar-refractivity contribution in [1.82, 2.24) is 4.90 Å². The standard InChI is InChI=1S/C22H25F3N2O2/c1-14-4-5-16(12-15(14)2)21(28)26-19-13-17(22(23,24)25)6-7-20(19)29-18-8-10-27(3)11-9-18/h4-7,12-13,18H,8-11H2,1-3H3,(H,26,28). The molecule has 1 N–H and O–H groups in total. The third-order valence-electron chi connectivity index (χ3n) is 5.28. The summed E-state index contributed by atoms with van der Waals surface area (Å²) < 4.78 is 45.6. The lowest BCUT2D eigenvalue weighted by atomic mass is 10.1. The Balaban J connectivity index is 1.86. The van der Waals surface area contributed by atoms with Crippen LogP contribution in [-0.2, 0) is 6.18 Å². The second-order valence-electron chi connectivity index (χ2n) is 7.58. The molecule has 0 aliphatic carbocycles. The van der Waals surface area contributed by atoms with Crippen LogP contribution in [0.5, 0.6) is 5.75 Å². The van der Waals surface area contributed by atoms with Gasteiger partial charge in [-0.05, 0) is 75.2 Å².